The molecule has 4 rings (SSSR count). The molecule has 3 N–H and O–H groups in total. The van der Waals surface area contributed by atoms with Gasteiger partial charge >= 0.3 is 0 Å². The number of benzene rings is 1. The van der Waals surface area contributed by atoms with Gasteiger partial charge in [0.25, 0.3) is 0 Å². The fourth-order valence-electron chi connectivity index (χ4n) is 3.31. The molecule has 1 atom stereocenters. The molecule has 0 aliphatic rings. The Hall–Kier alpha value is -3.09. The van der Waals surface area contributed by atoms with Gasteiger partial charge in [0.1, 0.15) is 0 Å². The molecule has 4 aromatic rings. The number of aliphatic hydroxyl groups is 1. The molecule has 0 saturated carbocycles. The Kier molecular flexibility index (Phi) is 5.14. The van der Waals surface area contributed by atoms with Crippen molar-refractivity contribution in [3.8, 4) is 17.1 Å². The average Bonchev–Trinajstić information content (AvgIpc) is 3.17. The van der Waals surface area contributed by atoms with Crippen LogP contribution in [0.4, 0.5) is 0 Å². The summed E-state index contributed by atoms with van der Waals surface area (Å²) in [7, 11) is 0. The molecule has 0 unspecified atom stereocenters. The van der Waals surface area contributed by atoms with Crippen molar-refractivity contribution in [2.45, 2.75) is 32.4 Å². The van der Waals surface area contributed by atoms with E-state index in [0.717, 1.165) is 40.7 Å². The van der Waals surface area contributed by atoms with Gasteiger partial charge in [-0.25, -0.2) is 9.67 Å². The Morgan fingerprint density at radius 2 is 1.93 bits per heavy atom. The number of aromatic nitrogens is 4. The molecule has 3 aromatic heterocycles. The Morgan fingerprint density at radius 3 is 2.75 bits per heavy atom. The molecule has 0 spiro atoms. The van der Waals surface area contributed by atoms with Gasteiger partial charge in [-0.1, -0.05) is 37.6 Å². The van der Waals surface area contributed by atoms with Crippen LogP contribution in [0, 0.1) is 0 Å². The zero-order valence-electron chi connectivity index (χ0n) is 15.8. The monoisotopic (exact) mass is 373 g/mol. The van der Waals surface area contributed by atoms with Crippen LogP contribution in [0.5, 0.6) is 0 Å². The number of nitrogens with two attached hydrogens (primary N) is 1. The van der Waals surface area contributed by atoms with Crippen LogP contribution in [0.2, 0.25) is 0 Å². The first kappa shape index (κ1) is 18.3. The van der Waals surface area contributed by atoms with E-state index in [-0.39, 0.29) is 12.6 Å². The van der Waals surface area contributed by atoms with Crippen molar-refractivity contribution < 1.29 is 5.11 Å². The van der Waals surface area contributed by atoms with Crippen molar-refractivity contribution in [3.63, 3.8) is 0 Å². The van der Waals surface area contributed by atoms with Gasteiger partial charge in [-0.05, 0) is 36.8 Å². The second kappa shape index (κ2) is 7.88. The summed E-state index contributed by atoms with van der Waals surface area (Å²) in [6.45, 7) is 2.02. The predicted molar refractivity (Wildman–Crippen MR) is 110 cm³/mol. The van der Waals surface area contributed by atoms with Gasteiger partial charge in [0.2, 0.25) is 0 Å². The highest BCUT2D eigenvalue weighted by atomic mass is 16.3. The van der Waals surface area contributed by atoms with E-state index in [4.69, 9.17) is 10.7 Å². The minimum Gasteiger partial charge on any atom is -0.390 e. The van der Waals surface area contributed by atoms with E-state index in [2.05, 4.69) is 23.1 Å². The highest BCUT2D eigenvalue weighted by Crippen LogP contribution is 2.26. The number of pyridine rings is 2. The first-order valence-electron chi connectivity index (χ1n) is 9.47. The van der Waals surface area contributed by atoms with Crippen LogP contribution in [-0.2, 0) is 6.61 Å². The summed E-state index contributed by atoms with van der Waals surface area (Å²) in [6, 6.07) is 17.6. The third-order valence-corrected chi connectivity index (χ3v) is 4.79. The molecule has 0 fully saturated rings. The molecule has 0 bridgehead atoms. The van der Waals surface area contributed by atoms with Crippen molar-refractivity contribution >= 4 is 10.9 Å². The zero-order chi connectivity index (χ0) is 19.5. The molecule has 0 amide bonds. The average molecular weight is 373 g/mol. The molecule has 6 nitrogen and oxygen atoms in total. The number of aliphatic hydroxyl groups excluding tert-OH is 1. The maximum atomic E-state index is 9.36. The van der Waals surface area contributed by atoms with Crippen molar-refractivity contribution in [2.75, 3.05) is 0 Å². The van der Waals surface area contributed by atoms with Crippen LogP contribution in [0.25, 0.3) is 28.0 Å². The minimum atomic E-state index is -0.104. The van der Waals surface area contributed by atoms with E-state index in [9.17, 15) is 5.11 Å². The molecule has 6 heteroatoms. The van der Waals surface area contributed by atoms with E-state index >= 15 is 0 Å². The molecule has 3 heterocycles. The van der Waals surface area contributed by atoms with Crippen LogP contribution in [0.3, 0.4) is 0 Å². The van der Waals surface area contributed by atoms with Gasteiger partial charge in [-0.2, -0.15) is 5.10 Å². The summed E-state index contributed by atoms with van der Waals surface area (Å²) < 4.78 is 1.78. The molecule has 142 valence electrons. The van der Waals surface area contributed by atoms with Gasteiger partial charge in [0.05, 0.1) is 35.4 Å². The summed E-state index contributed by atoms with van der Waals surface area (Å²) in [6.07, 6.45) is 3.75. The SMILES string of the molecule is CCC[C@@H](N)c1cccc(-c2ccc3cnn(-c4cccc(CO)n4)c3c2)n1. The number of rotatable bonds is 6. The lowest BCUT2D eigenvalue weighted by Crippen LogP contribution is -2.11. The summed E-state index contributed by atoms with van der Waals surface area (Å²) in [5.41, 5.74) is 10.6. The van der Waals surface area contributed by atoms with Crippen LogP contribution in [0.15, 0.2) is 60.8 Å². The predicted octanol–water partition coefficient (Wildman–Crippen LogP) is 3.77. The maximum absolute atomic E-state index is 9.36. The summed E-state index contributed by atoms with van der Waals surface area (Å²) in [5.74, 6) is 0.672. The van der Waals surface area contributed by atoms with Crippen molar-refractivity contribution in [3.05, 3.63) is 72.2 Å². The van der Waals surface area contributed by atoms with Gasteiger partial charge in [-0.3, -0.25) is 4.98 Å². The third kappa shape index (κ3) is 3.52. The van der Waals surface area contributed by atoms with E-state index in [1.807, 2.05) is 48.7 Å². The topological polar surface area (TPSA) is 89.8 Å². The van der Waals surface area contributed by atoms with Crippen molar-refractivity contribution in [2.24, 2.45) is 5.73 Å². The quantitative estimate of drug-likeness (QED) is 0.537. The molecule has 1 aromatic carbocycles. The van der Waals surface area contributed by atoms with Gasteiger partial charge in [0.15, 0.2) is 5.82 Å². The van der Waals surface area contributed by atoms with Crippen molar-refractivity contribution in [1.82, 2.24) is 19.7 Å². The maximum Gasteiger partial charge on any atom is 0.154 e. The Bertz CT molecular complexity index is 1100. The zero-order valence-corrected chi connectivity index (χ0v) is 15.8. The lowest BCUT2D eigenvalue weighted by Gasteiger charge is -2.11. The molecule has 0 radical (unpaired) electrons. The standard InChI is InChI=1S/C22H23N5O/c1-2-5-18(23)20-8-4-7-19(26-20)15-10-11-16-13-24-27(21(16)12-15)22-9-3-6-17(14-28)25-22/h3-4,6-13,18,28H,2,5,14,23H2,1H3/t18-/m1/s1. The lowest BCUT2D eigenvalue weighted by atomic mass is 10.1. The normalized spacial score (nSPS) is 12.4. The molecule has 0 aliphatic heterocycles. The smallest absolute Gasteiger partial charge is 0.154 e. The largest absolute Gasteiger partial charge is 0.390 e. The highest BCUT2D eigenvalue weighted by Gasteiger charge is 2.11. The number of nitrogens with zero attached hydrogens (tertiary/aromatic N) is 4. The Morgan fingerprint density at radius 1 is 1.07 bits per heavy atom. The van der Waals surface area contributed by atoms with Crippen molar-refractivity contribution in [1.29, 1.82) is 0 Å². The minimum absolute atomic E-state index is 0.0513. The number of hydrogen-bond acceptors (Lipinski definition) is 5. The first-order chi connectivity index (χ1) is 13.7. The van der Waals surface area contributed by atoms with E-state index in [0.29, 0.717) is 11.5 Å². The molecule has 0 saturated heterocycles. The molecule has 0 aliphatic carbocycles. The van der Waals surface area contributed by atoms with Crippen LogP contribution in [0.1, 0.15) is 37.2 Å². The van der Waals surface area contributed by atoms with E-state index < -0.39 is 0 Å². The molecular formula is C22H23N5O. The highest BCUT2D eigenvalue weighted by molar-refractivity contribution is 5.84. The number of fused-ring (bicyclic) bond motifs is 1. The Labute approximate surface area is 163 Å². The summed E-state index contributed by atoms with van der Waals surface area (Å²) in [5, 5.41) is 14.9. The van der Waals surface area contributed by atoms with Crippen LogP contribution < -0.4 is 5.73 Å². The third-order valence-electron chi connectivity index (χ3n) is 4.79. The van der Waals surface area contributed by atoms with Gasteiger partial charge in [-0.15, -0.1) is 0 Å². The fraction of sp³-hybridized carbons (Fsp3) is 0.227. The van der Waals surface area contributed by atoms with Gasteiger partial charge in [0, 0.05) is 17.0 Å². The second-order valence-corrected chi connectivity index (χ2v) is 6.82. The lowest BCUT2D eigenvalue weighted by molar-refractivity contribution is 0.276. The number of hydrogen-bond donors (Lipinski definition) is 2. The Balaban J connectivity index is 1.77. The molecule has 28 heavy (non-hydrogen) atoms. The van der Waals surface area contributed by atoms with Crippen LogP contribution >= 0.6 is 0 Å². The summed E-state index contributed by atoms with van der Waals surface area (Å²) in [4.78, 5) is 9.24. The van der Waals surface area contributed by atoms with Crippen LogP contribution in [-0.4, -0.2) is 24.9 Å². The summed E-state index contributed by atoms with van der Waals surface area (Å²) >= 11 is 0. The second-order valence-electron chi connectivity index (χ2n) is 6.82. The fourth-order valence-corrected chi connectivity index (χ4v) is 3.31. The van der Waals surface area contributed by atoms with E-state index in [1.54, 1.807) is 10.7 Å². The van der Waals surface area contributed by atoms with Gasteiger partial charge < -0.3 is 10.8 Å². The first-order valence-corrected chi connectivity index (χ1v) is 9.47. The molecular weight excluding hydrogens is 350 g/mol. The van der Waals surface area contributed by atoms with E-state index in [1.165, 1.54) is 0 Å².